The first-order valence-corrected chi connectivity index (χ1v) is 6.59. The Bertz CT molecular complexity index is 402. The van der Waals surface area contributed by atoms with E-state index in [4.69, 9.17) is 0 Å². The predicted molar refractivity (Wildman–Crippen MR) is 71.4 cm³/mol. The van der Waals surface area contributed by atoms with E-state index in [2.05, 4.69) is 40.8 Å². The molecule has 0 spiro atoms. The zero-order chi connectivity index (χ0) is 11.7. The van der Waals surface area contributed by atoms with Gasteiger partial charge in [-0.25, -0.2) is 0 Å². The summed E-state index contributed by atoms with van der Waals surface area (Å²) in [5.41, 5.74) is 4.26. The average Bonchev–Trinajstić information content (AvgIpc) is 2.75. The van der Waals surface area contributed by atoms with Crippen molar-refractivity contribution in [2.45, 2.75) is 25.4 Å². The maximum Gasteiger partial charge on any atom is 0.0400 e. The molecule has 0 aliphatic carbocycles. The number of nitrogens with one attached hydrogen (secondary N) is 2. The molecule has 2 N–H and O–H groups in total. The Morgan fingerprint density at radius 2 is 2.29 bits per heavy atom. The number of anilines is 1. The summed E-state index contributed by atoms with van der Waals surface area (Å²) in [6, 6.07) is 7.47. The summed E-state index contributed by atoms with van der Waals surface area (Å²) in [6.45, 7) is 4.52. The summed E-state index contributed by atoms with van der Waals surface area (Å²) in [5, 5.41) is 7.08. The summed E-state index contributed by atoms with van der Waals surface area (Å²) in [4.78, 5) is 2.39. The van der Waals surface area contributed by atoms with Crippen LogP contribution in [0.5, 0.6) is 0 Å². The monoisotopic (exact) mass is 231 g/mol. The van der Waals surface area contributed by atoms with E-state index in [1.54, 1.807) is 0 Å². The SMILES string of the molecule is CN1CCC(Nc2ccc3c(c2)CNCC3)C1. The zero-order valence-electron chi connectivity index (χ0n) is 10.5. The summed E-state index contributed by atoms with van der Waals surface area (Å²) in [6.07, 6.45) is 2.42. The van der Waals surface area contributed by atoms with Crippen molar-refractivity contribution in [3.8, 4) is 0 Å². The molecule has 0 bridgehead atoms. The third-order valence-corrected chi connectivity index (χ3v) is 3.85. The molecule has 92 valence electrons. The molecule has 3 heteroatoms. The summed E-state index contributed by atoms with van der Waals surface area (Å²) >= 11 is 0. The fourth-order valence-electron chi connectivity index (χ4n) is 2.86. The minimum atomic E-state index is 0.620. The van der Waals surface area contributed by atoms with Crippen LogP contribution in [0, 0.1) is 0 Å². The van der Waals surface area contributed by atoms with Crippen LogP contribution in [0.4, 0.5) is 5.69 Å². The zero-order valence-corrected chi connectivity index (χ0v) is 10.5. The lowest BCUT2D eigenvalue weighted by molar-refractivity contribution is 0.414. The van der Waals surface area contributed by atoms with Crippen LogP contribution in [0.25, 0.3) is 0 Å². The minimum Gasteiger partial charge on any atom is -0.381 e. The minimum absolute atomic E-state index is 0.620. The molecule has 2 aliphatic heterocycles. The Kier molecular flexibility index (Phi) is 3.04. The van der Waals surface area contributed by atoms with Crippen molar-refractivity contribution in [2.24, 2.45) is 0 Å². The van der Waals surface area contributed by atoms with Crippen molar-refractivity contribution in [2.75, 3.05) is 32.0 Å². The molecule has 2 aliphatic rings. The van der Waals surface area contributed by atoms with Gasteiger partial charge in [-0.3, -0.25) is 0 Å². The number of nitrogens with zero attached hydrogens (tertiary/aromatic N) is 1. The van der Waals surface area contributed by atoms with Crippen molar-refractivity contribution < 1.29 is 0 Å². The second-order valence-corrected chi connectivity index (χ2v) is 5.30. The van der Waals surface area contributed by atoms with Crippen molar-refractivity contribution in [3.63, 3.8) is 0 Å². The number of likely N-dealkylation sites (N-methyl/N-ethyl adjacent to an activating group) is 1. The molecule has 1 fully saturated rings. The Hall–Kier alpha value is -1.06. The third kappa shape index (κ3) is 2.45. The molecule has 0 aromatic heterocycles. The fourth-order valence-corrected chi connectivity index (χ4v) is 2.86. The fraction of sp³-hybridized carbons (Fsp3) is 0.571. The van der Waals surface area contributed by atoms with Gasteiger partial charge in [-0.05, 0) is 56.2 Å². The first-order chi connectivity index (χ1) is 8.31. The van der Waals surface area contributed by atoms with Gasteiger partial charge in [-0.15, -0.1) is 0 Å². The highest BCUT2D eigenvalue weighted by molar-refractivity contribution is 5.50. The van der Waals surface area contributed by atoms with Crippen LogP contribution in [0.1, 0.15) is 17.5 Å². The second kappa shape index (κ2) is 4.67. The maximum absolute atomic E-state index is 3.65. The highest BCUT2D eigenvalue weighted by atomic mass is 15.2. The highest BCUT2D eigenvalue weighted by Crippen LogP contribution is 2.21. The quantitative estimate of drug-likeness (QED) is 0.806. The summed E-state index contributed by atoms with van der Waals surface area (Å²) < 4.78 is 0. The van der Waals surface area contributed by atoms with Gasteiger partial charge in [-0.2, -0.15) is 0 Å². The van der Waals surface area contributed by atoms with Crippen molar-refractivity contribution in [3.05, 3.63) is 29.3 Å². The van der Waals surface area contributed by atoms with Gasteiger partial charge in [0.15, 0.2) is 0 Å². The number of benzene rings is 1. The van der Waals surface area contributed by atoms with Gasteiger partial charge in [0.25, 0.3) is 0 Å². The molecular weight excluding hydrogens is 210 g/mol. The van der Waals surface area contributed by atoms with Gasteiger partial charge in [0.2, 0.25) is 0 Å². The van der Waals surface area contributed by atoms with Gasteiger partial charge in [-0.1, -0.05) is 6.07 Å². The highest BCUT2D eigenvalue weighted by Gasteiger charge is 2.19. The van der Waals surface area contributed by atoms with E-state index in [1.807, 2.05) is 0 Å². The van der Waals surface area contributed by atoms with E-state index < -0.39 is 0 Å². The Morgan fingerprint density at radius 3 is 3.12 bits per heavy atom. The molecule has 3 rings (SSSR count). The third-order valence-electron chi connectivity index (χ3n) is 3.85. The van der Waals surface area contributed by atoms with E-state index in [0.29, 0.717) is 6.04 Å². The van der Waals surface area contributed by atoms with Crippen LogP contribution >= 0.6 is 0 Å². The molecule has 1 atom stereocenters. The first kappa shape index (κ1) is 11.1. The summed E-state index contributed by atoms with van der Waals surface area (Å²) in [5.74, 6) is 0. The average molecular weight is 231 g/mol. The lowest BCUT2D eigenvalue weighted by Gasteiger charge is -2.20. The van der Waals surface area contributed by atoms with E-state index in [1.165, 1.54) is 36.2 Å². The maximum atomic E-state index is 3.65. The van der Waals surface area contributed by atoms with E-state index in [-0.39, 0.29) is 0 Å². The largest absolute Gasteiger partial charge is 0.381 e. The Labute approximate surface area is 103 Å². The molecule has 1 saturated heterocycles. The number of fused-ring (bicyclic) bond motifs is 1. The lowest BCUT2D eigenvalue weighted by Crippen LogP contribution is -2.25. The first-order valence-electron chi connectivity index (χ1n) is 6.59. The molecule has 2 heterocycles. The number of likely N-dealkylation sites (tertiary alicyclic amines) is 1. The smallest absolute Gasteiger partial charge is 0.0400 e. The Balaban J connectivity index is 1.71. The number of hydrogen-bond acceptors (Lipinski definition) is 3. The standard InChI is InChI=1S/C14H21N3/c1-17-7-5-14(10-17)16-13-3-2-11-4-6-15-9-12(11)8-13/h2-3,8,14-16H,4-7,9-10H2,1H3. The van der Waals surface area contributed by atoms with E-state index >= 15 is 0 Å². The van der Waals surface area contributed by atoms with Crippen molar-refractivity contribution >= 4 is 5.69 Å². The van der Waals surface area contributed by atoms with Gasteiger partial charge in [0.1, 0.15) is 0 Å². The van der Waals surface area contributed by atoms with Gasteiger partial charge in [0.05, 0.1) is 0 Å². The molecule has 0 amide bonds. The Morgan fingerprint density at radius 1 is 1.35 bits per heavy atom. The van der Waals surface area contributed by atoms with Crippen LogP contribution in [-0.2, 0) is 13.0 Å². The van der Waals surface area contributed by atoms with E-state index in [9.17, 15) is 0 Å². The molecule has 1 aromatic carbocycles. The lowest BCUT2D eigenvalue weighted by atomic mass is 10.0. The topological polar surface area (TPSA) is 27.3 Å². The number of rotatable bonds is 2. The molecular formula is C14H21N3. The predicted octanol–water partition coefficient (Wildman–Crippen LogP) is 1.45. The molecule has 3 nitrogen and oxygen atoms in total. The van der Waals surface area contributed by atoms with Crippen LogP contribution < -0.4 is 10.6 Å². The van der Waals surface area contributed by atoms with Crippen LogP contribution in [0.3, 0.4) is 0 Å². The van der Waals surface area contributed by atoms with Crippen LogP contribution in [-0.4, -0.2) is 37.6 Å². The van der Waals surface area contributed by atoms with Crippen LogP contribution in [0.15, 0.2) is 18.2 Å². The van der Waals surface area contributed by atoms with E-state index in [0.717, 1.165) is 19.6 Å². The molecule has 1 unspecified atom stereocenters. The molecule has 1 aromatic rings. The van der Waals surface area contributed by atoms with Gasteiger partial charge < -0.3 is 15.5 Å². The second-order valence-electron chi connectivity index (χ2n) is 5.30. The van der Waals surface area contributed by atoms with Gasteiger partial charge >= 0.3 is 0 Å². The van der Waals surface area contributed by atoms with Crippen LogP contribution in [0.2, 0.25) is 0 Å². The van der Waals surface area contributed by atoms with Gasteiger partial charge in [0, 0.05) is 24.8 Å². The number of hydrogen-bond donors (Lipinski definition) is 2. The van der Waals surface area contributed by atoms with Crippen molar-refractivity contribution in [1.82, 2.24) is 10.2 Å². The molecule has 17 heavy (non-hydrogen) atoms. The molecule has 0 saturated carbocycles. The normalized spacial score (nSPS) is 24.6. The summed E-state index contributed by atoms with van der Waals surface area (Å²) in [7, 11) is 2.19. The van der Waals surface area contributed by atoms with Crippen molar-refractivity contribution in [1.29, 1.82) is 0 Å². The molecule has 0 radical (unpaired) electrons.